The van der Waals surface area contributed by atoms with E-state index in [2.05, 4.69) is 15.6 Å². The number of fused-ring (bicyclic) bond motifs is 2. The molecule has 0 bridgehead atoms. The molecule has 1 aliphatic carbocycles. The number of rotatable bonds is 4. The molecule has 0 atom stereocenters. The van der Waals surface area contributed by atoms with Crippen molar-refractivity contribution in [2.45, 2.75) is 19.8 Å². The first-order valence-electron chi connectivity index (χ1n) is 10.3. The summed E-state index contributed by atoms with van der Waals surface area (Å²) in [5.74, 6) is 1.34. The first-order valence-corrected chi connectivity index (χ1v) is 10.3. The molecule has 1 aliphatic rings. The Morgan fingerprint density at radius 3 is 2.71 bits per heavy atom. The molecule has 2 aromatic carbocycles. The molecule has 6 heteroatoms. The SMILES string of the molecule is CN/C(=C1\C(=N)CCc2cnc(Nc3cccc4cc(C)oc34)nc21)c1ccccc1. The predicted molar refractivity (Wildman–Crippen MR) is 125 cm³/mol. The van der Waals surface area contributed by atoms with E-state index in [9.17, 15) is 0 Å². The molecule has 5 rings (SSSR count). The van der Waals surface area contributed by atoms with Gasteiger partial charge in [-0.15, -0.1) is 0 Å². The van der Waals surface area contributed by atoms with Crippen molar-refractivity contribution in [1.82, 2.24) is 15.3 Å². The standard InChI is InChI=1S/C25H23N5O/c1-15-13-17-9-6-10-20(24(17)31-15)29-25-28-14-18-11-12-19(26)21(23(18)30-25)22(27-2)16-7-4-3-5-8-16/h3-10,13-14,26-27H,11-12H2,1-2H3,(H,28,29,30)/b22-21+,26-19?. The van der Waals surface area contributed by atoms with Crippen molar-refractivity contribution < 1.29 is 4.42 Å². The lowest BCUT2D eigenvalue weighted by Crippen LogP contribution is -2.20. The third-order valence-electron chi connectivity index (χ3n) is 5.52. The number of anilines is 2. The first-order chi connectivity index (χ1) is 15.1. The molecule has 6 nitrogen and oxygen atoms in total. The van der Waals surface area contributed by atoms with Crippen molar-refractivity contribution in [2.24, 2.45) is 0 Å². The predicted octanol–water partition coefficient (Wildman–Crippen LogP) is 5.33. The van der Waals surface area contributed by atoms with Crippen LogP contribution < -0.4 is 10.6 Å². The minimum Gasteiger partial charge on any atom is -0.459 e. The summed E-state index contributed by atoms with van der Waals surface area (Å²) < 4.78 is 5.86. The fourth-order valence-corrected chi connectivity index (χ4v) is 4.09. The molecule has 0 unspecified atom stereocenters. The van der Waals surface area contributed by atoms with Gasteiger partial charge >= 0.3 is 0 Å². The Morgan fingerprint density at radius 1 is 1.06 bits per heavy atom. The Bertz CT molecular complexity index is 1320. The maximum Gasteiger partial charge on any atom is 0.227 e. The van der Waals surface area contributed by atoms with Crippen molar-refractivity contribution in [3.05, 3.63) is 83.4 Å². The lowest BCUT2D eigenvalue weighted by Gasteiger charge is -2.23. The summed E-state index contributed by atoms with van der Waals surface area (Å²) in [4.78, 5) is 9.39. The fraction of sp³-hybridized carbons (Fsp3) is 0.160. The van der Waals surface area contributed by atoms with Crippen molar-refractivity contribution >= 4 is 39.6 Å². The van der Waals surface area contributed by atoms with Gasteiger partial charge in [0.2, 0.25) is 5.95 Å². The zero-order chi connectivity index (χ0) is 21.4. The summed E-state index contributed by atoms with van der Waals surface area (Å²) >= 11 is 0. The van der Waals surface area contributed by atoms with Crippen LogP contribution in [0.25, 0.3) is 22.2 Å². The Hall–Kier alpha value is -3.93. The minimum absolute atomic E-state index is 0.482. The number of benzene rings is 2. The van der Waals surface area contributed by atoms with Crippen molar-refractivity contribution in [3.8, 4) is 0 Å². The number of aryl methyl sites for hydroxylation is 2. The molecule has 31 heavy (non-hydrogen) atoms. The topological polar surface area (TPSA) is 86.8 Å². The van der Waals surface area contributed by atoms with Crippen LogP contribution in [0.2, 0.25) is 0 Å². The van der Waals surface area contributed by atoms with Gasteiger partial charge in [-0.2, -0.15) is 0 Å². The highest BCUT2D eigenvalue weighted by Crippen LogP contribution is 2.34. The Labute approximate surface area is 180 Å². The van der Waals surface area contributed by atoms with E-state index in [1.165, 1.54) is 0 Å². The molecule has 0 radical (unpaired) electrons. The number of hydrogen-bond acceptors (Lipinski definition) is 6. The van der Waals surface area contributed by atoms with Gasteiger partial charge < -0.3 is 20.5 Å². The number of para-hydroxylation sites is 1. The third kappa shape index (κ3) is 3.46. The Kier molecular flexibility index (Phi) is 4.75. The van der Waals surface area contributed by atoms with E-state index < -0.39 is 0 Å². The van der Waals surface area contributed by atoms with Crippen LogP contribution in [0.3, 0.4) is 0 Å². The van der Waals surface area contributed by atoms with Crippen molar-refractivity contribution in [2.75, 3.05) is 12.4 Å². The summed E-state index contributed by atoms with van der Waals surface area (Å²) in [5, 5.41) is 16.3. The molecule has 2 heterocycles. The van der Waals surface area contributed by atoms with Gasteiger partial charge in [0.1, 0.15) is 5.76 Å². The molecule has 0 spiro atoms. The van der Waals surface area contributed by atoms with Crippen molar-refractivity contribution in [1.29, 1.82) is 5.41 Å². The Balaban J connectivity index is 1.62. The van der Waals surface area contributed by atoms with Gasteiger partial charge in [0.05, 0.1) is 17.1 Å². The van der Waals surface area contributed by atoms with Crippen LogP contribution in [0.5, 0.6) is 0 Å². The maximum absolute atomic E-state index is 8.67. The van der Waals surface area contributed by atoms with Crippen molar-refractivity contribution in [3.63, 3.8) is 0 Å². The van der Waals surface area contributed by atoms with Crippen LogP contribution in [-0.2, 0) is 6.42 Å². The summed E-state index contributed by atoms with van der Waals surface area (Å²) in [6.07, 6.45) is 3.29. The van der Waals surface area contributed by atoms with Gasteiger partial charge in [0, 0.05) is 29.9 Å². The molecular weight excluding hydrogens is 386 g/mol. The van der Waals surface area contributed by atoms with Crippen LogP contribution in [0.4, 0.5) is 11.6 Å². The summed E-state index contributed by atoms with van der Waals surface area (Å²) in [6.45, 7) is 1.94. The van der Waals surface area contributed by atoms with Gasteiger partial charge in [-0.25, -0.2) is 9.97 Å². The molecule has 0 amide bonds. The fourth-order valence-electron chi connectivity index (χ4n) is 4.09. The van der Waals surface area contributed by atoms with E-state index in [0.29, 0.717) is 18.1 Å². The largest absolute Gasteiger partial charge is 0.459 e. The molecule has 4 aromatic rings. The average Bonchev–Trinajstić information content (AvgIpc) is 3.18. The number of furan rings is 1. The molecule has 0 saturated carbocycles. The summed E-state index contributed by atoms with van der Waals surface area (Å²) in [7, 11) is 1.89. The summed E-state index contributed by atoms with van der Waals surface area (Å²) in [6, 6.07) is 18.0. The van der Waals surface area contributed by atoms with E-state index in [-0.39, 0.29) is 0 Å². The zero-order valence-electron chi connectivity index (χ0n) is 17.5. The molecule has 0 aliphatic heterocycles. The van der Waals surface area contributed by atoms with E-state index >= 15 is 0 Å². The number of aromatic nitrogens is 2. The lowest BCUT2D eigenvalue weighted by molar-refractivity contribution is 0.579. The quantitative estimate of drug-likeness (QED) is 0.424. The molecule has 0 fully saturated rings. The highest BCUT2D eigenvalue weighted by atomic mass is 16.3. The number of allylic oxidation sites excluding steroid dienone is 1. The van der Waals surface area contributed by atoms with Gasteiger partial charge in [-0.05, 0) is 43.0 Å². The average molecular weight is 409 g/mol. The van der Waals surface area contributed by atoms with Crippen LogP contribution in [-0.4, -0.2) is 22.7 Å². The number of hydrogen-bond donors (Lipinski definition) is 3. The monoisotopic (exact) mass is 409 g/mol. The second-order valence-corrected chi connectivity index (χ2v) is 7.62. The summed E-state index contributed by atoms with van der Waals surface area (Å²) in [5.41, 5.74) is 6.78. The molecule has 0 saturated heterocycles. The van der Waals surface area contributed by atoms with Gasteiger partial charge in [-0.3, -0.25) is 0 Å². The van der Waals surface area contributed by atoms with E-state index in [0.717, 1.165) is 56.9 Å². The van der Waals surface area contributed by atoms with Crippen LogP contribution >= 0.6 is 0 Å². The number of nitrogens with zero attached hydrogens (tertiary/aromatic N) is 2. The maximum atomic E-state index is 8.67. The Morgan fingerprint density at radius 2 is 1.90 bits per heavy atom. The van der Waals surface area contributed by atoms with E-state index in [1.54, 1.807) is 0 Å². The highest BCUT2D eigenvalue weighted by Gasteiger charge is 2.25. The smallest absolute Gasteiger partial charge is 0.227 e. The van der Waals surface area contributed by atoms with Crippen LogP contribution in [0, 0.1) is 12.3 Å². The first kappa shape index (κ1) is 19.1. The van der Waals surface area contributed by atoms with Gasteiger partial charge in [0.25, 0.3) is 0 Å². The molecule has 3 N–H and O–H groups in total. The lowest BCUT2D eigenvalue weighted by atomic mass is 9.87. The molecule has 2 aromatic heterocycles. The van der Waals surface area contributed by atoms with Crippen LogP contribution in [0.1, 0.15) is 29.0 Å². The second-order valence-electron chi connectivity index (χ2n) is 7.62. The van der Waals surface area contributed by atoms with Crippen LogP contribution in [0.15, 0.2) is 65.2 Å². The highest BCUT2D eigenvalue weighted by molar-refractivity contribution is 6.29. The second kappa shape index (κ2) is 7.72. The zero-order valence-corrected chi connectivity index (χ0v) is 17.5. The minimum atomic E-state index is 0.482. The van der Waals surface area contributed by atoms with E-state index in [1.807, 2.05) is 74.8 Å². The normalized spacial score (nSPS) is 15.0. The van der Waals surface area contributed by atoms with E-state index in [4.69, 9.17) is 14.8 Å². The molecular formula is C25H23N5O. The third-order valence-corrected chi connectivity index (χ3v) is 5.52. The van der Waals surface area contributed by atoms with Gasteiger partial charge in [-0.1, -0.05) is 42.5 Å². The van der Waals surface area contributed by atoms with Gasteiger partial charge in [0.15, 0.2) is 5.58 Å². The number of nitrogens with one attached hydrogen (secondary N) is 3. The molecule has 154 valence electrons.